The summed E-state index contributed by atoms with van der Waals surface area (Å²) in [5.41, 5.74) is 0.110. The van der Waals surface area contributed by atoms with E-state index in [2.05, 4.69) is 9.47 Å². The standard InChI is InChI=1S/C12H18O5/c1-7(2)6-9(8(3)13)10(11(14)16-4)12(15)17-5/h6-7,10H,1-5H3/b9-6-. The van der Waals surface area contributed by atoms with Crippen LogP contribution in [0.1, 0.15) is 20.8 Å². The highest BCUT2D eigenvalue weighted by Gasteiger charge is 2.34. The van der Waals surface area contributed by atoms with Crippen molar-refractivity contribution in [3.8, 4) is 0 Å². The van der Waals surface area contributed by atoms with Crippen LogP contribution < -0.4 is 0 Å². The molecule has 0 bridgehead atoms. The third-order valence-corrected chi connectivity index (χ3v) is 2.10. The van der Waals surface area contributed by atoms with E-state index < -0.39 is 17.9 Å². The monoisotopic (exact) mass is 242 g/mol. The average Bonchev–Trinajstić information content (AvgIpc) is 2.26. The van der Waals surface area contributed by atoms with Crippen LogP contribution in [-0.4, -0.2) is 31.9 Å². The Bertz CT molecular complexity index is 325. The molecule has 0 fully saturated rings. The second-order valence-electron chi connectivity index (χ2n) is 3.90. The van der Waals surface area contributed by atoms with E-state index in [-0.39, 0.29) is 17.3 Å². The lowest BCUT2D eigenvalue weighted by molar-refractivity contribution is -0.157. The van der Waals surface area contributed by atoms with Gasteiger partial charge < -0.3 is 9.47 Å². The van der Waals surface area contributed by atoms with E-state index >= 15 is 0 Å². The molecule has 96 valence electrons. The van der Waals surface area contributed by atoms with E-state index in [1.807, 2.05) is 13.8 Å². The molecule has 5 heteroatoms. The van der Waals surface area contributed by atoms with Crippen molar-refractivity contribution in [2.45, 2.75) is 20.8 Å². The third kappa shape index (κ3) is 4.38. The van der Waals surface area contributed by atoms with Gasteiger partial charge in [-0.25, -0.2) is 0 Å². The second kappa shape index (κ2) is 6.83. The van der Waals surface area contributed by atoms with Gasteiger partial charge >= 0.3 is 11.9 Å². The largest absolute Gasteiger partial charge is 0.468 e. The van der Waals surface area contributed by atoms with Crippen molar-refractivity contribution >= 4 is 17.7 Å². The molecule has 0 spiro atoms. The van der Waals surface area contributed by atoms with Crippen molar-refractivity contribution in [1.82, 2.24) is 0 Å². The molecule has 0 atom stereocenters. The number of ketones is 1. The minimum absolute atomic E-state index is 0.0331. The smallest absolute Gasteiger partial charge is 0.324 e. The first-order valence-corrected chi connectivity index (χ1v) is 5.23. The van der Waals surface area contributed by atoms with Crippen molar-refractivity contribution in [2.24, 2.45) is 11.8 Å². The van der Waals surface area contributed by atoms with Gasteiger partial charge in [-0.3, -0.25) is 14.4 Å². The summed E-state index contributed by atoms with van der Waals surface area (Å²) in [4.78, 5) is 34.5. The Morgan fingerprint density at radius 1 is 1.00 bits per heavy atom. The normalized spacial score (nSPS) is 11.6. The van der Waals surface area contributed by atoms with Crippen LogP contribution in [0, 0.1) is 11.8 Å². The molecule has 0 heterocycles. The first kappa shape index (κ1) is 15.3. The number of carbonyl (C=O) groups excluding carboxylic acids is 3. The molecule has 0 aliphatic carbocycles. The number of rotatable bonds is 5. The summed E-state index contributed by atoms with van der Waals surface area (Å²) in [6.45, 7) is 4.98. The molecule has 0 rings (SSSR count). The zero-order chi connectivity index (χ0) is 13.6. The number of carbonyl (C=O) groups is 3. The molecular weight excluding hydrogens is 224 g/mol. The highest BCUT2D eigenvalue weighted by Crippen LogP contribution is 2.18. The minimum Gasteiger partial charge on any atom is -0.468 e. The predicted molar refractivity (Wildman–Crippen MR) is 61.1 cm³/mol. The van der Waals surface area contributed by atoms with Crippen LogP contribution in [0.25, 0.3) is 0 Å². The zero-order valence-electron chi connectivity index (χ0n) is 10.8. The lowest BCUT2D eigenvalue weighted by Crippen LogP contribution is -2.31. The number of hydrogen-bond donors (Lipinski definition) is 0. The highest BCUT2D eigenvalue weighted by molar-refractivity contribution is 6.08. The molecule has 0 radical (unpaired) electrons. The van der Waals surface area contributed by atoms with E-state index in [0.29, 0.717) is 0 Å². The molecule has 0 aromatic rings. The highest BCUT2D eigenvalue weighted by atomic mass is 16.5. The maximum Gasteiger partial charge on any atom is 0.324 e. The molecular formula is C12H18O5. The van der Waals surface area contributed by atoms with E-state index in [4.69, 9.17) is 0 Å². The third-order valence-electron chi connectivity index (χ3n) is 2.10. The summed E-state index contributed by atoms with van der Waals surface area (Å²) in [6, 6.07) is 0. The number of ether oxygens (including phenoxy) is 2. The van der Waals surface area contributed by atoms with Gasteiger partial charge in [0.2, 0.25) is 0 Å². The van der Waals surface area contributed by atoms with Crippen molar-refractivity contribution in [3.05, 3.63) is 11.6 Å². The molecule has 0 saturated carbocycles. The fraction of sp³-hybridized carbons (Fsp3) is 0.583. The Balaban J connectivity index is 5.45. The summed E-state index contributed by atoms with van der Waals surface area (Å²) in [7, 11) is 2.32. The van der Waals surface area contributed by atoms with Crippen molar-refractivity contribution < 1.29 is 23.9 Å². The van der Waals surface area contributed by atoms with Crippen molar-refractivity contribution in [1.29, 1.82) is 0 Å². The zero-order valence-corrected chi connectivity index (χ0v) is 10.8. The minimum atomic E-state index is -1.30. The van der Waals surface area contributed by atoms with Gasteiger partial charge in [-0.2, -0.15) is 0 Å². The lowest BCUT2D eigenvalue weighted by Gasteiger charge is -2.15. The number of methoxy groups -OCH3 is 2. The number of esters is 2. The van der Waals surface area contributed by atoms with Gasteiger partial charge in [0.1, 0.15) is 0 Å². The van der Waals surface area contributed by atoms with Gasteiger partial charge in [0.15, 0.2) is 11.7 Å². The maximum atomic E-state index is 11.5. The summed E-state index contributed by atoms with van der Waals surface area (Å²) in [5.74, 6) is -3.20. The molecule has 0 amide bonds. The maximum absolute atomic E-state index is 11.5. The van der Waals surface area contributed by atoms with Crippen LogP contribution in [0.5, 0.6) is 0 Å². The molecule has 0 saturated heterocycles. The number of hydrogen-bond acceptors (Lipinski definition) is 5. The van der Waals surface area contributed by atoms with Crippen LogP contribution in [0.4, 0.5) is 0 Å². The first-order valence-electron chi connectivity index (χ1n) is 5.23. The SMILES string of the molecule is COC(=O)C(C(=O)OC)/C(=C\C(C)C)C(C)=O. The summed E-state index contributed by atoms with van der Waals surface area (Å²) in [6.07, 6.45) is 1.57. The molecule has 0 aromatic heterocycles. The van der Waals surface area contributed by atoms with E-state index in [1.165, 1.54) is 6.92 Å². The molecule has 17 heavy (non-hydrogen) atoms. The summed E-state index contributed by atoms with van der Waals surface area (Å²) >= 11 is 0. The van der Waals surface area contributed by atoms with Gasteiger partial charge in [-0.15, -0.1) is 0 Å². The molecule has 0 aromatic carbocycles. The predicted octanol–water partition coefficient (Wildman–Crippen LogP) is 1.12. The van der Waals surface area contributed by atoms with Gasteiger partial charge in [0, 0.05) is 5.57 Å². The number of Topliss-reactive ketones (excluding diaryl/α,β-unsaturated/α-hetero) is 1. The fourth-order valence-corrected chi connectivity index (χ4v) is 1.36. The van der Waals surface area contributed by atoms with E-state index in [9.17, 15) is 14.4 Å². The Hall–Kier alpha value is -1.65. The summed E-state index contributed by atoms with van der Waals surface area (Å²) < 4.78 is 9.03. The van der Waals surface area contributed by atoms with E-state index in [0.717, 1.165) is 14.2 Å². The van der Waals surface area contributed by atoms with Crippen molar-refractivity contribution in [2.75, 3.05) is 14.2 Å². The first-order chi connectivity index (χ1) is 7.84. The Labute approximate surface area is 101 Å². The van der Waals surface area contributed by atoms with Crippen LogP contribution in [0.15, 0.2) is 11.6 Å². The van der Waals surface area contributed by atoms with Crippen LogP contribution in [-0.2, 0) is 23.9 Å². The van der Waals surface area contributed by atoms with Gasteiger partial charge in [0.25, 0.3) is 0 Å². The lowest BCUT2D eigenvalue weighted by atomic mass is 9.93. The molecule has 5 nitrogen and oxygen atoms in total. The molecule has 0 unspecified atom stereocenters. The Kier molecular flexibility index (Phi) is 6.17. The number of allylic oxidation sites excluding steroid dienone is 1. The van der Waals surface area contributed by atoms with Crippen LogP contribution >= 0.6 is 0 Å². The second-order valence-corrected chi connectivity index (χ2v) is 3.90. The average molecular weight is 242 g/mol. The quantitative estimate of drug-likeness (QED) is 0.410. The topological polar surface area (TPSA) is 69.7 Å². The van der Waals surface area contributed by atoms with Crippen molar-refractivity contribution in [3.63, 3.8) is 0 Å². The molecule has 0 aliphatic rings. The molecule has 0 aliphatic heterocycles. The van der Waals surface area contributed by atoms with Gasteiger partial charge in [-0.1, -0.05) is 19.9 Å². The van der Waals surface area contributed by atoms with Crippen LogP contribution in [0.2, 0.25) is 0 Å². The van der Waals surface area contributed by atoms with Gasteiger partial charge in [0.05, 0.1) is 14.2 Å². The van der Waals surface area contributed by atoms with Gasteiger partial charge in [-0.05, 0) is 12.8 Å². The Morgan fingerprint density at radius 2 is 1.41 bits per heavy atom. The molecule has 0 N–H and O–H groups in total. The Morgan fingerprint density at radius 3 is 1.65 bits per heavy atom. The van der Waals surface area contributed by atoms with Crippen LogP contribution in [0.3, 0.4) is 0 Å². The summed E-state index contributed by atoms with van der Waals surface area (Å²) in [5, 5.41) is 0. The van der Waals surface area contributed by atoms with E-state index in [1.54, 1.807) is 6.08 Å². The fourth-order valence-electron chi connectivity index (χ4n) is 1.36.